The largest absolute Gasteiger partial charge is 0.497 e. The molecule has 2 rings (SSSR count). The fraction of sp³-hybridized carbons (Fsp3) is 0.200. The second-order valence-electron chi connectivity index (χ2n) is 4.25. The first-order chi connectivity index (χ1) is 9.56. The molecule has 106 valence electrons. The first kappa shape index (κ1) is 15.6. The summed E-state index contributed by atoms with van der Waals surface area (Å²) in [7, 11) is 3.27. The quantitative estimate of drug-likeness (QED) is 0.717. The van der Waals surface area contributed by atoms with E-state index in [0.29, 0.717) is 0 Å². The Labute approximate surface area is 140 Å². The molecule has 1 atom stereocenters. The van der Waals surface area contributed by atoms with Gasteiger partial charge in [-0.15, -0.1) is 0 Å². The van der Waals surface area contributed by atoms with Crippen molar-refractivity contribution in [2.24, 2.45) is 5.73 Å². The highest BCUT2D eigenvalue weighted by atomic mass is 127. The van der Waals surface area contributed by atoms with Gasteiger partial charge in [0.15, 0.2) is 0 Å². The molecule has 0 aromatic heterocycles. The lowest BCUT2D eigenvalue weighted by Crippen LogP contribution is -2.14. The lowest BCUT2D eigenvalue weighted by Gasteiger charge is -2.18. The van der Waals surface area contributed by atoms with Crippen molar-refractivity contribution in [2.45, 2.75) is 6.04 Å². The van der Waals surface area contributed by atoms with Gasteiger partial charge in [-0.3, -0.25) is 0 Å². The van der Waals surface area contributed by atoms with Gasteiger partial charge in [-0.1, -0.05) is 15.9 Å². The van der Waals surface area contributed by atoms with Crippen molar-refractivity contribution in [3.63, 3.8) is 0 Å². The zero-order valence-electron chi connectivity index (χ0n) is 11.2. The van der Waals surface area contributed by atoms with E-state index in [-0.39, 0.29) is 6.04 Å². The molecule has 0 fully saturated rings. The molecule has 0 aliphatic carbocycles. The number of nitrogens with two attached hydrogens (primary N) is 1. The third-order valence-corrected chi connectivity index (χ3v) is 4.54. The summed E-state index contributed by atoms with van der Waals surface area (Å²) < 4.78 is 12.8. The van der Waals surface area contributed by atoms with Crippen molar-refractivity contribution in [2.75, 3.05) is 14.2 Å². The monoisotopic (exact) mass is 447 g/mol. The highest BCUT2D eigenvalue weighted by molar-refractivity contribution is 14.1. The Bertz CT molecular complexity index is 619. The van der Waals surface area contributed by atoms with Gasteiger partial charge in [0, 0.05) is 19.7 Å². The van der Waals surface area contributed by atoms with Gasteiger partial charge in [-0.2, -0.15) is 0 Å². The summed E-state index contributed by atoms with van der Waals surface area (Å²) in [4.78, 5) is 0. The summed E-state index contributed by atoms with van der Waals surface area (Å²) in [6.45, 7) is 0. The molecule has 0 aliphatic rings. The summed E-state index contributed by atoms with van der Waals surface area (Å²) in [5.41, 5.74) is 8.40. The van der Waals surface area contributed by atoms with Gasteiger partial charge in [0.25, 0.3) is 0 Å². The van der Waals surface area contributed by atoms with E-state index in [1.165, 1.54) is 0 Å². The molecular formula is C15H15BrINO2. The minimum absolute atomic E-state index is 0.250. The minimum Gasteiger partial charge on any atom is -0.497 e. The average molecular weight is 448 g/mol. The Morgan fingerprint density at radius 2 is 1.80 bits per heavy atom. The summed E-state index contributed by atoms with van der Waals surface area (Å²) in [6.07, 6.45) is 0. The second kappa shape index (κ2) is 6.78. The third kappa shape index (κ3) is 3.27. The van der Waals surface area contributed by atoms with Gasteiger partial charge in [-0.25, -0.2) is 0 Å². The molecule has 0 radical (unpaired) electrons. The van der Waals surface area contributed by atoms with Crippen molar-refractivity contribution in [3.8, 4) is 11.5 Å². The molecule has 2 aromatic carbocycles. The highest BCUT2D eigenvalue weighted by Crippen LogP contribution is 2.34. The standard InChI is InChI=1S/C15H15BrINO2/c1-19-10-4-5-11(14(8-10)20-2)15(18)12-7-9(16)3-6-13(12)17/h3-8,15H,18H2,1-2H3. The van der Waals surface area contributed by atoms with Crippen molar-refractivity contribution < 1.29 is 9.47 Å². The van der Waals surface area contributed by atoms with Crippen LogP contribution in [-0.2, 0) is 0 Å². The summed E-state index contributed by atoms with van der Waals surface area (Å²) in [5.74, 6) is 1.48. The molecule has 0 bridgehead atoms. The van der Waals surface area contributed by atoms with Gasteiger partial charge in [0.05, 0.1) is 20.3 Å². The van der Waals surface area contributed by atoms with Crippen LogP contribution in [-0.4, -0.2) is 14.2 Å². The maximum Gasteiger partial charge on any atom is 0.127 e. The molecule has 0 aliphatic heterocycles. The van der Waals surface area contributed by atoms with Crippen LogP contribution in [0.5, 0.6) is 11.5 Å². The molecule has 5 heteroatoms. The fourth-order valence-corrected chi connectivity index (χ4v) is 3.05. The number of ether oxygens (including phenoxy) is 2. The van der Waals surface area contributed by atoms with Crippen LogP contribution in [0.25, 0.3) is 0 Å². The predicted molar refractivity (Wildman–Crippen MR) is 92.4 cm³/mol. The van der Waals surface area contributed by atoms with Crippen LogP contribution < -0.4 is 15.2 Å². The van der Waals surface area contributed by atoms with Crippen molar-refractivity contribution in [1.29, 1.82) is 0 Å². The molecule has 0 spiro atoms. The Kier molecular flexibility index (Phi) is 5.29. The van der Waals surface area contributed by atoms with E-state index < -0.39 is 0 Å². The van der Waals surface area contributed by atoms with E-state index in [0.717, 1.165) is 30.7 Å². The first-order valence-corrected chi connectivity index (χ1v) is 7.86. The summed E-state index contributed by atoms with van der Waals surface area (Å²) >= 11 is 5.78. The van der Waals surface area contributed by atoms with Gasteiger partial charge in [0.1, 0.15) is 11.5 Å². The number of hydrogen-bond donors (Lipinski definition) is 1. The van der Waals surface area contributed by atoms with Crippen molar-refractivity contribution in [3.05, 3.63) is 55.6 Å². The van der Waals surface area contributed by atoms with Gasteiger partial charge in [0.2, 0.25) is 0 Å². The molecule has 0 heterocycles. The second-order valence-corrected chi connectivity index (χ2v) is 6.33. The van der Waals surface area contributed by atoms with Crippen LogP contribution in [0, 0.1) is 3.57 Å². The number of halogens is 2. The van der Waals surface area contributed by atoms with Crippen molar-refractivity contribution in [1.82, 2.24) is 0 Å². The zero-order valence-corrected chi connectivity index (χ0v) is 14.9. The smallest absolute Gasteiger partial charge is 0.127 e. The Balaban J connectivity index is 2.47. The predicted octanol–water partition coefficient (Wildman–Crippen LogP) is 4.12. The topological polar surface area (TPSA) is 44.5 Å². The van der Waals surface area contributed by atoms with E-state index >= 15 is 0 Å². The van der Waals surface area contributed by atoms with E-state index in [2.05, 4.69) is 38.5 Å². The molecule has 0 amide bonds. The molecule has 3 nitrogen and oxygen atoms in total. The first-order valence-electron chi connectivity index (χ1n) is 5.99. The van der Waals surface area contributed by atoms with E-state index in [1.54, 1.807) is 14.2 Å². The average Bonchev–Trinajstić information content (AvgIpc) is 2.48. The lowest BCUT2D eigenvalue weighted by molar-refractivity contribution is 0.390. The number of hydrogen-bond acceptors (Lipinski definition) is 3. The van der Waals surface area contributed by atoms with Crippen LogP contribution in [0.15, 0.2) is 40.9 Å². The normalized spacial score (nSPS) is 12.1. The zero-order chi connectivity index (χ0) is 14.7. The van der Waals surface area contributed by atoms with E-state index in [1.807, 2.05) is 36.4 Å². The Hall–Kier alpha value is -0.790. The van der Waals surface area contributed by atoms with Crippen LogP contribution in [0.4, 0.5) is 0 Å². The number of rotatable bonds is 4. The molecule has 0 saturated heterocycles. The van der Waals surface area contributed by atoms with Crippen LogP contribution >= 0.6 is 38.5 Å². The molecular weight excluding hydrogens is 433 g/mol. The van der Waals surface area contributed by atoms with Gasteiger partial charge < -0.3 is 15.2 Å². The van der Waals surface area contributed by atoms with Crippen LogP contribution in [0.1, 0.15) is 17.2 Å². The number of benzene rings is 2. The maximum atomic E-state index is 6.41. The van der Waals surface area contributed by atoms with E-state index in [9.17, 15) is 0 Å². The molecule has 2 N–H and O–H groups in total. The highest BCUT2D eigenvalue weighted by Gasteiger charge is 2.17. The molecule has 2 aromatic rings. The Morgan fingerprint density at radius 3 is 2.45 bits per heavy atom. The van der Waals surface area contributed by atoms with E-state index in [4.69, 9.17) is 15.2 Å². The maximum absolute atomic E-state index is 6.41. The molecule has 0 saturated carbocycles. The summed E-state index contributed by atoms with van der Waals surface area (Å²) in [5, 5.41) is 0. The van der Waals surface area contributed by atoms with Crippen LogP contribution in [0.2, 0.25) is 0 Å². The summed E-state index contributed by atoms with van der Waals surface area (Å²) in [6, 6.07) is 11.5. The number of methoxy groups -OCH3 is 2. The minimum atomic E-state index is -0.250. The molecule has 20 heavy (non-hydrogen) atoms. The SMILES string of the molecule is COc1ccc(C(N)c2cc(Br)ccc2I)c(OC)c1. The molecule has 1 unspecified atom stereocenters. The van der Waals surface area contributed by atoms with Gasteiger partial charge >= 0.3 is 0 Å². The fourth-order valence-electron chi connectivity index (χ4n) is 2.00. The Morgan fingerprint density at radius 1 is 1.05 bits per heavy atom. The lowest BCUT2D eigenvalue weighted by atomic mass is 9.98. The van der Waals surface area contributed by atoms with Gasteiger partial charge in [-0.05, 0) is 58.5 Å². The van der Waals surface area contributed by atoms with Crippen LogP contribution in [0.3, 0.4) is 0 Å². The van der Waals surface area contributed by atoms with Crippen molar-refractivity contribution >= 4 is 38.5 Å². The third-order valence-electron chi connectivity index (χ3n) is 3.07.